The highest BCUT2D eigenvalue weighted by molar-refractivity contribution is 7.92. The van der Waals surface area contributed by atoms with Crippen molar-refractivity contribution in [1.29, 1.82) is 0 Å². The first-order valence-corrected chi connectivity index (χ1v) is 12.6. The fourth-order valence-electron chi connectivity index (χ4n) is 4.72. The molecule has 0 N–H and O–H groups in total. The Morgan fingerprint density at radius 3 is 2.80 bits per heavy atom. The summed E-state index contributed by atoms with van der Waals surface area (Å²) in [6.07, 6.45) is 7.67. The molecule has 1 aromatic heterocycles. The third-order valence-corrected chi connectivity index (χ3v) is 7.27. The number of halogens is 1. The monoisotopic (exact) mass is 496 g/mol. The van der Waals surface area contributed by atoms with Gasteiger partial charge >= 0.3 is 0 Å². The summed E-state index contributed by atoms with van der Waals surface area (Å²) in [6.45, 7) is 11.4. The Hall–Kier alpha value is -2.77. The molecule has 2 aliphatic rings. The average Bonchev–Trinajstić information content (AvgIpc) is 3.46. The Bertz CT molecular complexity index is 1250. The van der Waals surface area contributed by atoms with Gasteiger partial charge in [-0.05, 0) is 56.9 Å². The molecular formula is C28H33FN2O3S. The molecule has 2 aromatic rings. The molecule has 4 rings (SSSR count). The van der Waals surface area contributed by atoms with E-state index in [1.807, 2.05) is 50.5 Å². The number of likely N-dealkylation sites (tertiary alicyclic amines) is 1. The number of Topliss-reactive ketones (excluding diaryl/α,β-unsaturated/α-hetero) is 1. The highest BCUT2D eigenvalue weighted by atomic mass is 32.2. The van der Waals surface area contributed by atoms with E-state index < -0.39 is 0 Å². The fourth-order valence-corrected chi connectivity index (χ4v) is 5.10. The molecule has 0 spiro atoms. The largest absolute Gasteiger partial charge is 0.463 e. The van der Waals surface area contributed by atoms with Crippen LogP contribution in [0.25, 0.3) is 11.0 Å². The Labute approximate surface area is 211 Å². The zero-order valence-corrected chi connectivity index (χ0v) is 21.9. The smallest absolute Gasteiger partial charge is 0.163 e. The van der Waals surface area contributed by atoms with Crippen molar-refractivity contribution < 1.29 is 17.8 Å². The SMILES string of the molecule is C=C(/C(C)=C/C1=C(F)CCC=C1C)N1CC[C@H](c2cc3c(C(C)=O)coc3cc2OSN(C)C)C1. The topological polar surface area (TPSA) is 45.9 Å². The van der Waals surface area contributed by atoms with Crippen LogP contribution in [0.15, 0.2) is 69.8 Å². The van der Waals surface area contributed by atoms with Crippen LogP contribution in [-0.4, -0.2) is 42.2 Å². The second-order valence-corrected chi connectivity index (χ2v) is 10.6. The van der Waals surface area contributed by atoms with E-state index in [4.69, 9.17) is 8.60 Å². The van der Waals surface area contributed by atoms with Crippen LogP contribution in [0.4, 0.5) is 4.39 Å². The number of hydrogen-bond donors (Lipinski definition) is 0. The number of ketones is 1. The number of furan rings is 1. The van der Waals surface area contributed by atoms with Crippen LogP contribution in [0.2, 0.25) is 0 Å². The Morgan fingerprint density at radius 2 is 2.11 bits per heavy atom. The molecule has 35 heavy (non-hydrogen) atoms. The second kappa shape index (κ2) is 10.5. The number of allylic oxidation sites excluding steroid dienone is 6. The predicted octanol–water partition coefficient (Wildman–Crippen LogP) is 7.35. The van der Waals surface area contributed by atoms with Gasteiger partial charge in [0.05, 0.1) is 5.56 Å². The third kappa shape index (κ3) is 5.41. The fraction of sp³-hybridized carbons (Fsp3) is 0.393. The molecule has 1 aliphatic heterocycles. The summed E-state index contributed by atoms with van der Waals surface area (Å²) in [4.78, 5) is 14.4. The molecule has 0 saturated carbocycles. The van der Waals surface area contributed by atoms with Crippen molar-refractivity contribution >= 4 is 29.0 Å². The van der Waals surface area contributed by atoms with Gasteiger partial charge in [-0.15, -0.1) is 0 Å². The third-order valence-electron chi connectivity index (χ3n) is 6.72. The minimum absolute atomic E-state index is 0.0261. The Kier molecular flexibility index (Phi) is 7.57. The van der Waals surface area contributed by atoms with Gasteiger partial charge in [-0.3, -0.25) is 4.79 Å². The lowest BCUT2D eigenvalue weighted by Crippen LogP contribution is -2.20. The van der Waals surface area contributed by atoms with Gasteiger partial charge in [-0.2, -0.15) is 0 Å². The van der Waals surface area contributed by atoms with Gasteiger partial charge < -0.3 is 13.5 Å². The predicted molar refractivity (Wildman–Crippen MR) is 141 cm³/mol. The highest BCUT2D eigenvalue weighted by Gasteiger charge is 2.29. The van der Waals surface area contributed by atoms with E-state index in [-0.39, 0.29) is 17.5 Å². The molecule has 0 amide bonds. The molecule has 0 radical (unpaired) electrons. The van der Waals surface area contributed by atoms with Gasteiger partial charge in [-0.25, -0.2) is 8.70 Å². The summed E-state index contributed by atoms with van der Waals surface area (Å²) in [7, 11) is 3.84. The van der Waals surface area contributed by atoms with E-state index in [0.29, 0.717) is 23.1 Å². The number of rotatable bonds is 8. The first kappa shape index (κ1) is 25.3. The molecule has 1 saturated heterocycles. The summed E-state index contributed by atoms with van der Waals surface area (Å²) in [5, 5.41) is 0.810. The van der Waals surface area contributed by atoms with Crippen molar-refractivity contribution in [2.45, 2.75) is 46.0 Å². The molecule has 0 unspecified atom stereocenters. The van der Waals surface area contributed by atoms with E-state index in [2.05, 4.69) is 17.6 Å². The Balaban J connectivity index is 1.60. The summed E-state index contributed by atoms with van der Waals surface area (Å²) >= 11 is 1.25. The number of nitrogens with zero attached hydrogens (tertiary/aromatic N) is 2. The molecule has 0 bridgehead atoms. The van der Waals surface area contributed by atoms with E-state index in [0.717, 1.165) is 59.5 Å². The van der Waals surface area contributed by atoms with Crippen LogP contribution >= 0.6 is 12.2 Å². The number of carbonyl (C=O) groups excluding carboxylic acids is 1. The normalized spacial score (nSPS) is 19.1. The summed E-state index contributed by atoms with van der Waals surface area (Å²) in [6, 6.07) is 3.92. The summed E-state index contributed by atoms with van der Waals surface area (Å²) < 4.78 is 28.0. The molecular weight excluding hydrogens is 463 g/mol. The molecule has 1 atom stereocenters. The summed E-state index contributed by atoms with van der Waals surface area (Å²) in [5.74, 6) is 0.859. The van der Waals surface area contributed by atoms with Crippen LogP contribution in [0.5, 0.6) is 5.75 Å². The second-order valence-electron chi connectivity index (χ2n) is 9.51. The molecule has 186 valence electrons. The Morgan fingerprint density at radius 1 is 1.34 bits per heavy atom. The van der Waals surface area contributed by atoms with Gasteiger partial charge in [0, 0.05) is 67.8 Å². The lowest BCUT2D eigenvalue weighted by Gasteiger charge is -2.23. The van der Waals surface area contributed by atoms with E-state index in [1.165, 1.54) is 18.5 Å². The molecule has 1 aliphatic carbocycles. The first-order chi connectivity index (χ1) is 16.7. The van der Waals surface area contributed by atoms with Gasteiger partial charge in [0.25, 0.3) is 0 Å². The first-order valence-electron chi connectivity index (χ1n) is 11.9. The van der Waals surface area contributed by atoms with Crippen LogP contribution in [-0.2, 0) is 0 Å². The summed E-state index contributed by atoms with van der Waals surface area (Å²) in [5.41, 5.74) is 5.81. The van der Waals surface area contributed by atoms with Gasteiger partial charge in [0.2, 0.25) is 0 Å². The van der Waals surface area contributed by atoms with Crippen molar-refractivity contribution in [2.24, 2.45) is 0 Å². The van der Waals surface area contributed by atoms with Crippen LogP contribution in [0, 0.1) is 0 Å². The average molecular weight is 497 g/mol. The van der Waals surface area contributed by atoms with E-state index >= 15 is 0 Å². The van der Waals surface area contributed by atoms with Crippen LogP contribution in [0.1, 0.15) is 61.9 Å². The quantitative estimate of drug-likeness (QED) is 0.165. The zero-order chi connectivity index (χ0) is 25.3. The minimum Gasteiger partial charge on any atom is -0.463 e. The standard InChI is InChI=1S/C28H33FN2O3S/c1-17-8-7-9-26(29)22(17)12-18(2)19(3)31-11-10-21(15-31)23-13-24-25(20(4)32)16-33-27(24)14-28(23)34-35-30(5)6/h8,12-14,16,21H,3,7,9-11,15H2,1-2,4-6H3/b18-12+/t21-/m0/s1. The van der Waals surface area contributed by atoms with Crippen molar-refractivity contribution in [3.8, 4) is 5.75 Å². The van der Waals surface area contributed by atoms with Crippen molar-refractivity contribution in [3.63, 3.8) is 0 Å². The number of hydrogen-bond acceptors (Lipinski definition) is 6. The van der Waals surface area contributed by atoms with Crippen molar-refractivity contribution in [1.82, 2.24) is 9.21 Å². The van der Waals surface area contributed by atoms with Crippen LogP contribution in [0.3, 0.4) is 0 Å². The number of fused-ring (bicyclic) bond motifs is 1. The maximum Gasteiger partial charge on any atom is 0.163 e. The zero-order valence-electron chi connectivity index (χ0n) is 21.1. The minimum atomic E-state index is -0.0497. The maximum atomic E-state index is 14.4. The lowest BCUT2D eigenvalue weighted by atomic mass is 9.94. The van der Waals surface area contributed by atoms with E-state index in [1.54, 1.807) is 6.92 Å². The van der Waals surface area contributed by atoms with Crippen molar-refractivity contribution in [2.75, 3.05) is 27.2 Å². The molecule has 2 heterocycles. The lowest BCUT2D eigenvalue weighted by molar-refractivity contribution is 0.101. The van der Waals surface area contributed by atoms with Crippen molar-refractivity contribution in [3.05, 3.63) is 76.5 Å². The molecule has 5 nitrogen and oxygen atoms in total. The molecule has 1 fully saturated rings. The van der Waals surface area contributed by atoms with Gasteiger partial charge in [-0.1, -0.05) is 12.7 Å². The van der Waals surface area contributed by atoms with Gasteiger partial charge in [0.1, 0.15) is 35.7 Å². The number of carbonyl (C=O) groups is 1. The highest BCUT2D eigenvalue weighted by Crippen LogP contribution is 2.41. The number of benzene rings is 1. The molecule has 7 heteroatoms. The van der Waals surface area contributed by atoms with E-state index in [9.17, 15) is 9.18 Å². The molecule has 1 aromatic carbocycles. The van der Waals surface area contributed by atoms with Gasteiger partial charge in [0.15, 0.2) is 5.78 Å². The maximum absolute atomic E-state index is 14.4. The van der Waals surface area contributed by atoms with Crippen LogP contribution < -0.4 is 4.18 Å².